The topological polar surface area (TPSA) is 21.3 Å². The highest BCUT2D eigenvalue weighted by Gasteiger charge is 2.15. The molecule has 1 unspecified atom stereocenters. The molecule has 2 nitrogen and oxygen atoms in total. The van der Waals surface area contributed by atoms with E-state index < -0.39 is 0 Å². The minimum Gasteiger partial charge on any atom is -0.492 e. The number of benzene rings is 2. The lowest BCUT2D eigenvalue weighted by atomic mass is 10.0. The van der Waals surface area contributed by atoms with Gasteiger partial charge in [-0.1, -0.05) is 37.3 Å². The predicted octanol–water partition coefficient (Wildman–Crippen LogP) is 4.79. The normalized spacial score (nSPS) is 11.9. The first-order chi connectivity index (χ1) is 9.76. The van der Waals surface area contributed by atoms with Crippen molar-refractivity contribution in [3.05, 3.63) is 59.9 Å². The number of hydrogen-bond donors (Lipinski definition) is 1. The Balaban J connectivity index is 2.25. The van der Waals surface area contributed by atoms with E-state index in [1.165, 1.54) is 6.07 Å². The molecular weight excluding hydrogens is 253 g/mol. The summed E-state index contributed by atoms with van der Waals surface area (Å²) in [5.41, 5.74) is 1.57. The Bertz CT molecular complexity index is 556. The molecule has 0 bridgehead atoms. The van der Waals surface area contributed by atoms with Gasteiger partial charge in [0.05, 0.1) is 18.3 Å². The monoisotopic (exact) mass is 273 g/mol. The highest BCUT2D eigenvalue weighted by atomic mass is 19.1. The van der Waals surface area contributed by atoms with Gasteiger partial charge in [-0.05, 0) is 31.5 Å². The van der Waals surface area contributed by atoms with E-state index in [4.69, 9.17) is 4.74 Å². The first-order valence-electron chi connectivity index (χ1n) is 6.99. The molecule has 0 aliphatic carbocycles. The zero-order valence-electron chi connectivity index (χ0n) is 11.9. The fraction of sp³-hybridized carbons (Fsp3) is 0.294. The summed E-state index contributed by atoms with van der Waals surface area (Å²) in [6.45, 7) is 4.59. The summed E-state index contributed by atoms with van der Waals surface area (Å²) in [6.07, 6.45) is 0.793. The average molecular weight is 273 g/mol. The smallest absolute Gasteiger partial charge is 0.142 e. The fourth-order valence-corrected chi connectivity index (χ4v) is 2.21. The first-order valence-corrected chi connectivity index (χ1v) is 6.99. The van der Waals surface area contributed by atoms with Gasteiger partial charge in [0.1, 0.15) is 11.6 Å². The van der Waals surface area contributed by atoms with Gasteiger partial charge >= 0.3 is 0 Å². The number of ether oxygens (including phenoxy) is 1. The van der Waals surface area contributed by atoms with Crippen molar-refractivity contribution in [2.75, 3.05) is 11.9 Å². The fourth-order valence-electron chi connectivity index (χ4n) is 2.21. The van der Waals surface area contributed by atoms with E-state index in [2.05, 4.69) is 5.32 Å². The Hall–Kier alpha value is -2.03. The number of rotatable bonds is 6. The maximum atomic E-state index is 13.9. The molecule has 0 aliphatic heterocycles. The molecule has 0 amide bonds. The Morgan fingerprint density at radius 1 is 1.05 bits per heavy atom. The van der Waals surface area contributed by atoms with Crippen LogP contribution in [0.3, 0.4) is 0 Å². The van der Waals surface area contributed by atoms with E-state index in [0.29, 0.717) is 12.2 Å². The highest BCUT2D eigenvalue weighted by Crippen LogP contribution is 2.30. The van der Waals surface area contributed by atoms with Crippen molar-refractivity contribution >= 4 is 5.69 Å². The third kappa shape index (κ3) is 3.29. The van der Waals surface area contributed by atoms with Crippen molar-refractivity contribution in [2.24, 2.45) is 0 Å². The van der Waals surface area contributed by atoms with Crippen molar-refractivity contribution in [2.45, 2.75) is 26.3 Å². The molecule has 1 atom stereocenters. The third-order valence-electron chi connectivity index (χ3n) is 3.21. The molecule has 0 heterocycles. The zero-order valence-corrected chi connectivity index (χ0v) is 11.9. The molecule has 20 heavy (non-hydrogen) atoms. The molecule has 0 saturated heterocycles. The number of anilines is 1. The number of halogens is 1. The van der Waals surface area contributed by atoms with Gasteiger partial charge in [-0.3, -0.25) is 0 Å². The van der Waals surface area contributed by atoms with Gasteiger partial charge in [-0.25, -0.2) is 4.39 Å². The average Bonchev–Trinajstić information content (AvgIpc) is 2.47. The number of nitrogens with one attached hydrogen (secondary N) is 1. The Morgan fingerprint density at radius 2 is 1.75 bits per heavy atom. The molecule has 2 rings (SSSR count). The number of hydrogen-bond acceptors (Lipinski definition) is 2. The summed E-state index contributed by atoms with van der Waals surface area (Å²) in [5.74, 6) is 0.616. The van der Waals surface area contributed by atoms with Gasteiger partial charge < -0.3 is 10.1 Å². The lowest BCUT2D eigenvalue weighted by Gasteiger charge is -2.21. The van der Waals surface area contributed by atoms with E-state index in [0.717, 1.165) is 17.9 Å². The molecule has 0 saturated carbocycles. The van der Waals surface area contributed by atoms with Gasteiger partial charge in [-0.2, -0.15) is 0 Å². The van der Waals surface area contributed by atoms with Crippen LogP contribution in [0.5, 0.6) is 5.75 Å². The second-order valence-corrected chi connectivity index (χ2v) is 4.56. The maximum absolute atomic E-state index is 13.9. The summed E-state index contributed by atoms with van der Waals surface area (Å²) >= 11 is 0. The Morgan fingerprint density at radius 3 is 2.45 bits per heavy atom. The van der Waals surface area contributed by atoms with Crippen molar-refractivity contribution in [3.8, 4) is 5.75 Å². The van der Waals surface area contributed by atoms with E-state index in [9.17, 15) is 4.39 Å². The zero-order chi connectivity index (χ0) is 14.4. The summed E-state index contributed by atoms with van der Waals surface area (Å²) in [5, 5.41) is 3.37. The molecule has 0 spiro atoms. The summed E-state index contributed by atoms with van der Waals surface area (Å²) < 4.78 is 19.5. The summed E-state index contributed by atoms with van der Waals surface area (Å²) in [7, 11) is 0. The molecule has 0 aliphatic rings. The SMILES string of the molecule is CCOc1ccccc1NC(CC)c1ccccc1F. The van der Waals surface area contributed by atoms with Gasteiger partial charge in [0.2, 0.25) is 0 Å². The van der Waals surface area contributed by atoms with Gasteiger partial charge in [-0.15, -0.1) is 0 Å². The van der Waals surface area contributed by atoms with Gasteiger partial charge in [0.15, 0.2) is 0 Å². The van der Waals surface area contributed by atoms with E-state index in [1.54, 1.807) is 6.07 Å². The molecule has 2 aromatic carbocycles. The molecular formula is C17H20FNO. The van der Waals surface area contributed by atoms with Crippen LogP contribution in [0.2, 0.25) is 0 Å². The van der Waals surface area contributed by atoms with Crippen LogP contribution in [-0.4, -0.2) is 6.61 Å². The molecule has 0 aromatic heterocycles. The lowest BCUT2D eigenvalue weighted by Crippen LogP contribution is -2.12. The molecule has 106 valence electrons. The Labute approximate surface area is 119 Å². The summed E-state index contributed by atoms with van der Waals surface area (Å²) in [4.78, 5) is 0. The molecule has 0 fully saturated rings. The van der Waals surface area contributed by atoms with Crippen molar-refractivity contribution in [1.82, 2.24) is 0 Å². The Kier molecular flexibility index (Phi) is 4.99. The van der Waals surface area contributed by atoms with Crippen LogP contribution in [0.4, 0.5) is 10.1 Å². The number of para-hydroxylation sites is 2. The van der Waals surface area contributed by atoms with Crippen LogP contribution in [-0.2, 0) is 0 Å². The largest absolute Gasteiger partial charge is 0.492 e. The van der Waals surface area contributed by atoms with Crippen LogP contribution in [0.25, 0.3) is 0 Å². The maximum Gasteiger partial charge on any atom is 0.142 e. The molecule has 2 aromatic rings. The standard InChI is InChI=1S/C17H20FNO/c1-3-15(13-9-5-6-10-14(13)18)19-16-11-7-8-12-17(16)20-4-2/h5-12,15,19H,3-4H2,1-2H3. The van der Waals surface area contributed by atoms with Crippen LogP contribution < -0.4 is 10.1 Å². The quantitative estimate of drug-likeness (QED) is 0.817. The minimum atomic E-state index is -0.180. The minimum absolute atomic E-state index is 0.0715. The van der Waals surface area contributed by atoms with Crippen molar-refractivity contribution in [3.63, 3.8) is 0 Å². The summed E-state index contributed by atoms with van der Waals surface area (Å²) in [6, 6.07) is 14.6. The highest BCUT2D eigenvalue weighted by molar-refractivity contribution is 5.57. The second kappa shape index (κ2) is 6.94. The van der Waals surface area contributed by atoms with Gasteiger partial charge in [0.25, 0.3) is 0 Å². The van der Waals surface area contributed by atoms with E-state index in [-0.39, 0.29) is 11.9 Å². The van der Waals surface area contributed by atoms with Crippen LogP contribution >= 0.6 is 0 Å². The molecule has 0 radical (unpaired) electrons. The van der Waals surface area contributed by atoms with E-state index in [1.807, 2.05) is 50.2 Å². The van der Waals surface area contributed by atoms with Crippen molar-refractivity contribution in [1.29, 1.82) is 0 Å². The van der Waals surface area contributed by atoms with E-state index >= 15 is 0 Å². The second-order valence-electron chi connectivity index (χ2n) is 4.56. The first kappa shape index (κ1) is 14.4. The van der Waals surface area contributed by atoms with Crippen LogP contribution in [0.1, 0.15) is 31.9 Å². The lowest BCUT2D eigenvalue weighted by molar-refractivity contribution is 0.341. The predicted molar refractivity (Wildman–Crippen MR) is 80.7 cm³/mol. The molecule has 3 heteroatoms. The van der Waals surface area contributed by atoms with Crippen molar-refractivity contribution < 1.29 is 9.13 Å². The van der Waals surface area contributed by atoms with Crippen LogP contribution in [0.15, 0.2) is 48.5 Å². The van der Waals surface area contributed by atoms with Crippen LogP contribution in [0, 0.1) is 5.82 Å². The van der Waals surface area contributed by atoms with Gasteiger partial charge in [0, 0.05) is 5.56 Å². The third-order valence-corrected chi connectivity index (χ3v) is 3.21. The molecule has 1 N–H and O–H groups in total.